The predicted octanol–water partition coefficient (Wildman–Crippen LogP) is 4.20. The van der Waals surface area contributed by atoms with Crippen molar-refractivity contribution in [2.24, 2.45) is 5.10 Å². The summed E-state index contributed by atoms with van der Waals surface area (Å²) < 4.78 is 6.70. The minimum atomic E-state index is -0.601. The molecule has 7 heteroatoms. The minimum Gasteiger partial charge on any atom is -0.508 e. The van der Waals surface area contributed by atoms with Gasteiger partial charge in [0.2, 0.25) is 0 Å². The molecular formula is C21H17BrN2O4. The Kier molecular flexibility index (Phi) is 6.29. The van der Waals surface area contributed by atoms with Crippen LogP contribution in [0.3, 0.4) is 0 Å². The highest BCUT2D eigenvalue weighted by Crippen LogP contribution is 2.24. The molecule has 0 saturated heterocycles. The first-order chi connectivity index (χ1) is 13.5. The molecule has 3 aromatic rings. The second-order valence-corrected chi connectivity index (χ2v) is 6.77. The monoisotopic (exact) mass is 440 g/mol. The van der Waals surface area contributed by atoms with Crippen LogP contribution in [0.15, 0.2) is 76.3 Å². The molecule has 0 unspecified atom stereocenters. The van der Waals surface area contributed by atoms with Gasteiger partial charge in [0, 0.05) is 16.1 Å². The number of nitrogens with one attached hydrogen (secondary N) is 1. The number of phenols is 2. The van der Waals surface area contributed by atoms with Gasteiger partial charge in [-0.2, -0.15) is 5.10 Å². The van der Waals surface area contributed by atoms with E-state index in [2.05, 4.69) is 26.5 Å². The second kappa shape index (κ2) is 9.05. The number of aromatic hydroxyl groups is 2. The number of benzene rings is 3. The van der Waals surface area contributed by atoms with E-state index in [0.717, 1.165) is 16.1 Å². The molecule has 0 spiro atoms. The molecule has 0 aliphatic rings. The van der Waals surface area contributed by atoms with Crippen molar-refractivity contribution >= 4 is 28.1 Å². The fourth-order valence-corrected chi connectivity index (χ4v) is 2.80. The van der Waals surface area contributed by atoms with Crippen LogP contribution >= 0.6 is 15.9 Å². The number of amides is 1. The van der Waals surface area contributed by atoms with E-state index in [-0.39, 0.29) is 17.1 Å². The topological polar surface area (TPSA) is 91.2 Å². The van der Waals surface area contributed by atoms with Crippen LogP contribution < -0.4 is 10.2 Å². The number of carbonyl (C=O) groups excluding carboxylic acids is 1. The SMILES string of the molecule is O=C(N/N=C\c1cc(Br)ccc1OCc1ccccc1)c1ccc(O)cc1O. The zero-order chi connectivity index (χ0) is 19.9. The van der Waals surface area contributed by atoms with Gasteiger partial charge in [-0.15, -0.1) is 0 Å². The number of ether oxygens (including phenoxy) is 1. The van der Waals surface area contributed by atoms with Crippen molar-refractivity contribution in [1.82, 2.24) is 5.43 Å². The largest absolute Gasteiger partial charge is 0.508 e. The van der Waals surface area contributed by atoms with E-state index in [0.29, 0.717) is 17.9 Å². The molecule has 3 N–H and O–H groups in total. The zero-order valence-electron chi connectivity index (χ0n) is 14.7. The molecule has 0 bridgehead atoms. The summed E-state index contributed by atoms with van der Waals surface area (Å²) in [6, 6.07) is 18.9. The standard InChI is InChI=1S/C21H17BrN2O4/c22-16-6-9-20(28-13-14-4-2-1-3-5-14)15(10-16)12-23-24-21(27)18-8-7-17(25)11-19(18)26/h1-12,25-26H,13H2,(H,24,27)/b23-12-. The smallest absolute Gasteiger partial charge is 0.275 e. The molecule has 1 amide bonds. The number of halogens is 1. The average molecular weight is 441 g/mol. The Balaban J connectivity index is 1.70. The third-order valence-corrected chi connectivity index (χ3v) is 4.30. The number of carbonyl (C=O) groups is 1. The van der Waals surface area contributed by atoms with Gasteiger partial charge in [-0.3, -0.25) is 4.79 Å². The molecule has 0 radical (unpaired) electrons. The highest BCUT2D eigenvalue weighted by molar-refractivity contribution is 9.10. The van der Waals surface area contributed by atoms with Gasteiger partial charge in [-0.05, 0) is 35.9 Å². The molecule has 0 aliphatic carbocycles. The molecule has 0 saturated carbocycles. The quantitative estimate of drug-likeness (QED) is 0.395. The van der Waals surface area contributed by atoms with Crippen molar-refractivity contribution in [3.63, 3.8) is 0 Å². The molecular weight excluding hydrogens is 424 g/mol. The summed E-state index contributed by atoms with van der Waals surface area (Å²) in [4.78, 5) is 12.1. The summed E-state index contributed by atoms with van der Waals surface area (Å²) in [6.07, 6.45) is 1.46. The fourth-order valence-electron chi connectivity index (χ4n) is 2.42. The Labute approximate surface area is 170 Å². The van der Waals surface area contributed by atoms with Crippen LogP contribution in [0.5, 0.6) is 17.2 Å². The second-order valence-electron chi connectivity index (χ2n) is 5.86. The van der Waals surface area contributed by atoms with Gasteiger partial charge in [-0.25, -0.2) is 5.43 Å². The van der Waals surface area contributed by atoms with Crippen molar-refractivity contribution in [2.75, 3.05) is 0 Å². The minimum absolute atomic E-state index is 0.00439. The number of nitrogens with zero attached hydrogens (tertiary/aromatic N) is 1. The Morgan fingerprint density at radius 2 is 1.86 bits per heavy atom. The highest BCUT2D eigenvalue weighted by atomic mass is 79.9. The van der Waals surface area contributed by atoms with Gasteiger partial charge in [0.1, 0.15) is 23.9 Å². The Morgan fingerprint density at radius 1 is 1.07 bits per heavy atom. The lowest BCUT2D eigenvalue weighted by atomic mass is 10.2. The maximum Gasteiger partial charge on any atom is 0.275 e. The van der Waals surface area contributed by atoms with Gasteiger partial charge < -0.3 is 14.9 Å². The molecule has 0 fully saturated rings. The van der Waals surface area contributed by atoms with Crippen molar-refractivity contribution in [3.8, 4) is 17.2 Å². The van der Waals surface area contributed by atoms with E-state index in [4.69, 9.17) is 4.74 Å². The average Bonchev–Trinajstić information content (AvgIpc) is 2.68. The van der Waals surface area contributed by atoms with E-state index < -0.39 is 5.91 Å². The van der Waals surface area contributed by atoms with Crippen LogP contribution in [0.1, 0.15) is 21.5 Å². The van der Waals surface area contributed by atoms with Gasteiger partial charge in [-0.1, -0.05) is 46.3 Å². The van der Waals surface area contributed by atoms with Gasteiger partial charge in [0.25, 0.3) is 5.91 Å². The number of hydrogen-bond donors (Lipinski definition) is 3. The van der Waals surface area contributed by atoms with Crippen molar-refractivity contribution in [3.05, 3.63) is 87.9 Å². The van der Waals surface area contributed by atoms with Crippen LogP contribution in [0, 0.1) is 0 Å². The molecule has 142 valence electrons. The highest BCUT2D eigenvalue weighted by Gasteiger charge is 2.11. The molecule has 3 rings (SSSR count). The predicted molar refractivity (Wildman–Crippen MR) is 110 cm³/mol. The molecule has 28 heavy (non-hydrogen) atoms. The van der Waals surface area contributed by atoms with Gasteiger partial charge in [0.15, 0.2) is 0 Å². The Morgan fingerprint density at radius 3 is 2.61 bits per heavy atom. The summed E-state index contributed by atoms with van der Waals surface area (Å²) in [7, 11) is 0. The van der Waals surface area contributed by atoms with E-state index in [1.165, 1.54) is 18.3 Å². The van der Waals surface area contributed by atoms with E-state index in [9.17, 15) is 15.0 Å². The lowest BCUT2D eigenvalue weighted by Gasteiger charge is -2.10. The van der Waals surface area contributed by atoms with Crippen LogP contribution in [0.25, 0.3) is 0 Å². The van der Waals surface area contributed by atoms with Crippen molar-refractivity contribution < 1.29 is 19.7 Å². The third kappa shape index (κ3) is 5.11. The summed E-state index contributed by atoms with van der Waals surface area (Å²) in [5, 5.41) is 23.0. The molecule has 0 heterocycles. The lowest BCUT2D eigenvalue weighted by molar-refractivity contribution is 0.0952. The van der Waals surface area contributed by atoms with Crippen molar-refractivity contribution in [2.45, 2.75) is 6.61 Å². The zero-order valence-corrected chi connectivity index (χ0v) is 16.3. The normalized spacial score (nSPS) is 10.8. The number of hydrogen-bond acceptors (Lipinski definition) is 5. The van der Waals surface area contributed by atoms with Crippen LogP contribution in [0.2, 0.25) is 0 Å². The van der Waals surface area contributed by atoms with Crippen LogP contribution in [-0.4, -0.2) is 22.3 Å². The van der Waals surface area contributed by atoms with Gasteiger partial charge in [0.05, 0.1) is 11.8 Å². The molecule has 0 aliphatic heterocycles. The van der Waals surface area contributed by atoms with E-state index in [1.54, 1.807) is 0 Å². The van der Waals surface area contributed by atoms with Crippen LogP contribution in [0.4, 0.5) is 0 Å². The summed E-state index contributed by atoms with van der Waals surface area (Å²) >= 11 is 3.40. The Hall–Kier alpha value is -3.32. The number of hydrazone groups is 1. The maximum absolute atomic E-state index is 12.1. The van der Waals surface area contributed by atoms with Gasteiger partial charge >= 0.3 is 0 Å². The molecule has 6 nitrogen and oxygen atoms in total. The van der Waals surface area contributed by atoms with E-state index >= 15 is 0 Å². The Bertz CT molecular complexity index is 1010. The summed E-state index contributed by atoms with van der Waals surface area (Å²) in [5.41, 5.74) is 4.05. The first kappa shape index (κ1) is 19.4. The maximum atomic E-state index is 12.1. The molecule has 0 atom stereocenters. The summed E-state index contributed by atoms with van der Waals surface area (Å²) in [5.74, 6) is -0.457. The lowest BCUT2D eigenvalue weighted by Crippen LogP contribution is -2.17. The number of phenolic OH excluding ortho intramolecular Hbond substituents is 2. The molecule has 0 aromatic heterocycles. The number of rotatable bonds is 6. The third-order valence-electron chi connectivity index (χ3n) is 3.80. The molecule has 3 aromatic carbocycles. The first-order valence-corrected chi connectivity index (χ1v) is 9.14. The summed E-state index contributed by atoms with van der Waals surface area (Å²) in [6.45, 7) is 0.400. The first-order valence-electron chi connectivity index (χ1n) is 8.34. The fraction of sp³-hybridized carbons (Fsp3) is 0.0476. The van der Waals surface area contributed by atoms with Crippen LogP contribution in [-0.2, 0) is 6.61 Å². The van der Waals surface area contributed by atoms with Crippen molar-refractivity contribution in [1.29, 1.82) is 0 Å². The van der Waals surface area contributed by atoms with E-state index in [1.807, 2.05) is 48.5 Å².